The summed E-state index contributed by atoms with van der Waals surface area (Å²) in [6, 6.07) is 21.6. The Morgan fingerprint density at radius 3 is 1.96 bits per heavy atom. The first-order chi connectivity index (χ1) is 12.6. The van der Waals surface area contributed by atoms with E-state index in [1.807, 2.05) is 14.0 Å². The third-order valence-electron chi connectivity index (χ3n) is 4.97. The van der Waals surface area contributed by atoms with E-state index >= 15 is 0 Å². The van der Waals surface area contributed by atoms with Gasteiger partial charge in [-0.25, -0.2) is 0 Å². The lowest BCUT2D eigenvalue weighted by Gasteiger charge is -2.12. The molecule has 0 heterocycles. The lowest BCUT2D eigenvalue weighted by molar-refractivity contribution is -0.149. The number of hydrogen-bond acceptors (Lipinski definition) is 3. The van der Waals surface area contributed by atoms with E-state index < -0.39 is 0 Å². The van der Waals surface area contributed by atoms with Crippen LogP contribution >= 0.6 is 0 Å². The van der Waals surface area contributed by atoms with E-state index in [1.54, 1.807) is 0 Å². The molecule has 2 aromatic carbocycles. The van der Waals surface area contributed by atoms with E-state index in [4.69, 9.17) is 4.74 Å². The predicted molar refractivity (Wildman–Crippen MR) is 107 cm³/mol. The summed E-state index contributed by atoms with van der Waals surface area (Å²) in [7, 11) is 1.95. The molecule has 3 unspecified atom stereocenters. The molecular formula is C23H31NO2. The summed E-state index contributed by atoms with van der Waals surface area (Å²) >= 11 is 0. The topological polar surface area (TPSA) is 38.3 Å². The average molecular weight is 354 g/mol. The monoisotopic (exact) mass is 353 g/mol. The molecule has 1 saturated carbocycles. The quantitative estimate of drug-likeness (QED) is 0.807. The van der Waals surface area contributed by atoms with Gasteiger partial charge in [0.25, 0.3) is 0 Å². The number of rotatable bonds is 5. The maximum absolute atomic E-state index is 11.5. The molecule has 1 N–H and O–H groups in total. The molecule has 0 radical (unpaired) electrons. The first-order valence-corrected chi connectivity index (χ1v) is 9.55. The van der Waals surface area contributed by atoms with Crippen LogP contribution in [-0.2, 0) is 16.0 Å². The summed E-state index contributed by atoms with van der Waals surface area (Å²) < 4.78 is 5.02. The van der Waals surface area contributed by atoms with Crippen LogP contribution in [0.3, 0.4) is 0 Å². The van der Waals surface area contributed by atoms with Crippen molar-refractivity contribution in [3.05, 3.63) is 71.8 Å². The fraction of sp³-hybridized carbons (Fsp3) is 0.435. The molecular weight excluding hydrogens is 322 g/mol. The van der Waals surface area contributed by atoms with Crippen LogP contribution in [0, 0.1) is 11.8 Å². The van der Waals surface area contributed by atoms with Gasteiger partial charge in [-0.2, -0.15) is 0 Å². The summed E-state index contributed by atoms with van der Waals surface area (Å²) in [6.07, 6.45) is 3.04. The summed E-state index contributed by atoms with van der Waals surface area (Å²) in [5.74, 6) is 0.543. The number of carbonyl (C=O) groups excluding carboxylic acids is 1. The fourth-order valence-corrected chi connectivity index (χ4v) is 3.49. The molecule has 3 atom stereocenters. The maximum Gasteiger partial charge on any atom is 0.309 e. The van der Waals surface area contributed by atoms with Gasteiger partial charge >= 0.3 is 5.97 Å². The molecule has 0 bridgehead atoms. The lowest BCUT2D eigenvalue weighted by atomic mass is 9.99. The van der Waals surface area contributed by atoms with Crippen molar-refractivity contribution in [1.29, 1.82) is 0 Å². The molecule has 0 aromatic heterocycles. The molecule has 3 nitrogen and oxygen atoms in total. The van der Waals surface area contributed by atoms with E-state index in [0.29, 0.717) is 18.6 Å². The van der Waals surface area contributed by atoms with Crippen molar-refractivity contribution >= 4 is 5.97 Å². The van der Waals surface area contributed by atoms with Crippen LogP contribution in [0.4, 0.5) is 0 Å². The van der Waals surface area contributed by atoms with Crippen LogP contribution in [-0.4, -0.2) is 25.7 Å². The number of nitrogens with one attached hydrogen (secondary N) is 1. The summed E-state index contributed by atoms with van der Waals surface area (Å²) in [5.41, 5.74) is 2.74. The summed E-state index contributed by atoms with van der Waals surface area (Å²) in [4.78, 5) is 11.5. The second kappa shape index (κ2) is 10.8. The van der Waals surface area contributed by atoms with Gasteiger partial charge in [0.2, 0.25) is 0 Å². The first kappa shape index (κ1) is 20.2. The van der Waals surface area contributed by atoms with Crippen molar-refractivity contribution in [3.8, 4) is 0 Å². The van der Waals surface area contributed by atoms with E-state index in [9.17, 15) is 4.79 Å². The Hall–Kier alpha value is -2.13. The fourth-order valence-electron chi connectivity index (χ4n) is 3.49. The molecule has 0 spiro atoms. The second-order valence-electron chi connectivity index (χ2n) is 6.94. The maximum atomic E-state index is 11.5. The number of hydrogen-bond donors (Lipinski definition) is 1. The second-order valence-corrected chi connectivity index (χ2v) is 6.94. The van der Waals surface area contributed by atoms with Crippen molar-refractivity contribution in [2.24, 2.45) is 11.8 Å². The van der Waals surface area contributed by atoms with Crippen molar-refractivity contribution in [2.75, 3.05) is 13.7 Å². The summed E-state index contributed by atoms with van der Waals surface area (Å²) in [6.45, 7) is 4.47. The molecule has 1 fully saturated rings. The van der Waals surface area contributed by atoms with Crippen LogP contribution in [0.2, 0.25) is 0 Å². The minimum atomic E-state index is -0.0206. The molecule has 0 amide bonds. The van der Waals surface area contributed by atoms with Crippen LogP contribution in [0.15, 0.2) is 60.7 Å². The van der Waals surface area contributed by atoms with Gasteiger partial charge in [-0.15, -0.1) is 0 Å². The van der Waals surface area contributed by atoms with E-state index in [-0.39, 0.29) is 11.9 Å². The highest BCUT2D eigenvalue weighted by molar-refractivity contribution is 5.73. The molecule has 140 valence electrons. The van der Waals surface area contributed by atoms with Crippen molar-refractivity contribution in [3.63, 3.8) is 0 Å². The number of carbonyl (C=O) groups is 1. The third kappa shape index (κ3) is 6.30. The molecule has 26 heavy (non-hydrogen) atoms. The van der Waals surface area contributed by atoms with Crippen LogP contribution in [0.1, 0.15) is 37.8 Å². The summed E-state index contributed by atoms with van der Waals surface area (Å²) in [5, 5.41) is 3.21. The smallest absolute Gasteiger partial charge is 0.309 e. The Labute approximate surface area is 157 Å². The van der Waals surface area contributed by atoms with Gasteiger partial charge in [-0.05, 0) is 50.3 Å². The molecule has 1 aliphatic rings. The van der Waals surface area contributed by atoms with E-state index in [2.05, 4.69) is 72.9 Å². The molecule has 0 saturated heterocycles. The zero-order valence-electron chi connectivity index (χ0n) is 16.2. The van der Waals surface area contributed by atoms with Crippen LogP contribution in [0.5, 0.6) is 0 Å². The normalized spacial score (nSPS) is 21.6. The molecule has 2 aromatic rings. The Balaban J connectivity index is 0.000000187. The van der Waals surface area contributed by atoms with E-state index in [1.165, 1.54) is 11.1 Å². The Kier molecular flexibility index (Phi) is 8.36. The van der Waals surface area contributed by atoms with Gasteiger partial charge in [0, 0.05) is 6.04 Å². The van der Waals surface area contributed by atoms with E-state index in [0.717, 1.165) is 19.3 Å². The highest BCUT2D eigenvalue weighted by Gasteiger charge is 2.36. The molecule has 1 aliphatic carbocycles. The Morgan fingerprint density at radius 2 is 1.54 bits per heavy atom. The Morgan fingerprint density at radius 1 is 1.00 bits per heavy atom. The number of benzene rings is 2. The third-order valence-corrected chi connectivity index (χ3v) is 4.97. The van der Waals surface area contributed by atoms with Crippen molar-refractivity contribution < 1.29 is 9.53 Å². The minimum Gasteiger partial charge on any atom is -0.466 e. The SMILES string of the molecule is CCOC(=O)C1CC(NC)CC1C.c1ccc(Cc2ccccc2)cc1. The van der Waals surface area contributed by atoms with Crippen LogP contribution in [0.25, 0.3) is 0 Å². The van der Waals surface area contributed by atoms with Gasteiger partial charge < -0.3 is 10.1 Å². The van der Waals surface area contributed by atoms with Gasteiger partial charge in [0.15, 0.2) is 0 Å². The first-order valence-electron chi connectivity index (χ1n) is 9.55. The van der Waals surface area contributed by atoms with Gasteiger partial charge in [-0.1, -0.05) is 67.6 Å². The largest absolute Gasteiger partial charge is 0.466 e. The lowest BCUT2D eigenvalue weighted by Crippen LogP contribution is -2.23. The zero-order chi connectivity index (χ0) is 18.8. The van der Waals surface area contributed by atoms with Gasteiger partial charge in [0.05, 0.1) is 12.5 Å². The highest BCUT2D eigenvalue weighted by atomic mass is 16.5. The number of ether oxygens (including phenoxy) is 1. The van der Waals surface area contributed by atoms with Crippen molar-refractivity contribution in [1.82, 2.24) is 5.32 Å². The Bertz CT molecular complexity index is 604. The molecule has 3 heteroatoms. The number of esters is 1. The zero-order valence-corrected chi connectivity index (χ0v) is 16.2. The highest BCUT2D eigenvalue weighted by Crippen LogP contribution is 2.32. The van der Waals surface area contributed by atoms with Gasteiger partial charge in [-0.3, -0.25) is 4.79 Å². The molecule has 3 rings (SSSR count). The standard InChI is InChI=1S/C13H12.C10H19NO2/c1-3-7-12(8-4-1)11-13-9-5-2-6-10-13;1-4-13-10(12)9-6-8(11-3)5-7(9)2/h1-10H,11H2;7-9,11H,4-6H2,1-3H3. The van der Waals surface area contributed by atoms with Gasteiger partial charge in [0.1, 0.15) is 0 Å². The molecule has 0 aliphatic heterocycles. The van der Waals surface area contributed by atoms with Crippen molar-refractivity contribution in [2.45, 2.75) is 39.2 Å². The predicted octanol–water partition coefficient (Wildman–Crippen LogP) is 4.46. The van der Waals surface area contributed by atoms with Crippen LogP contribution < -0.4 is 5.32 Å². The average Bonchev–Trinajstić information content (AvgIpc) is 3.05. The minimum absolute atomic E-state index is 0.0206.